The zero-order chi connectivity index (χ0) is 35.9. The molecule has 13 heteroatoms. The van der Waals surface area contributed by atoms with Crippen molar-refractivity contribution in [3.63, 3.8) is 0 Å². The summed E-state index contributed by atoms with van der Waals surface area (Å²) in [7, 11) is 2.12. The number of anilines is 2. The summed E-state index contributed by atoms with van der Waals surface area (Å²) in [5.41, 5.74) is 4.46. The van der Waals surface area contributed by atoms with Gasteiger partial charge < -0.3 is 24.8 Å². The van der Waals surface area contributed by atoms with E-state index in [4.69, 9.17) is 4.74 Å². The molecule has 4 aromatic rings. The zero-order valence-corrected chi connectivity index (χ0v) is 29.1. The second-order valence-corrected chi connectivity index (χ2v) is 14.4. The fourth-order valence-electron chi connectivity index (χ4n) is 8.22. The van der Waals surface area contributed by atoms with E-state index >= 15 is 4.39 Å². The second-order valence-electron chi connectivity index (χ2n) is 14.4. The number of hydrogen-bond acceptors (Lipinski definition) is 8. The maximum atomic E-state index is 15.1. The lowest BCUT2D eigenvalue weighted by Crippen LogP contribution is -2.52. The highest BCUT2D eigenvalue weighted by atomic mass is 19.1. The van der Waals surface area contributed by atoms with Gasteiger partial charge in [0, 0.05) is 78.3 Å². The van der Waals surface area contributed by atoms with Gasteiger partial charge in [0.2, 0.25) is 11.8 Å². The maximum absolute atomic E-state index is 15.1. The first-order chi connectivity index (χ1) is 25.2. The summed E-state index contributed by atoms with van der Waals surface area (Å²) in [5, 5.41) is 6.05. The molecule has 0 unspecified atom stereocenters. The van der Waals surface area contributed by atoms with Gasteiger partial charge in [-0.15, -0.1) is 0 Å². The van der Waals surface area contributed by atoms with Crippen molar-refractivity contribution in [2.45, 2.75) is 63.6 Å². The first-order valence-corrected chi connectivity index (χ1v) is 18.2. The number of fused-ring (bicyclic) bond motifs is 2. The lowest BCUT2D eigenvalue weighted by molar-refractivity contribution is -0.136. The average molecular weight is 708 g/mol. The van der Waals surface area contributed by atoms with Crippen LogP contribution in [-0.2, 0) is 16.1 Å². The van der Waals surface area contributed by atoms with Gasteiger partial charge in [0.15, 0.2) is 0 Å². The largest absolute Gasteiger partial charge is 0.493 e. The molecule has 0 radical (unpaired) electrons. The molecule has 2 aromatic carbocycles. The smallest absolute Gasteiger partial charge is 0.259 e. The summed E-state index contributed by atoms with van der Waals surface area (Å²) in [6.45, 7) is 3.47. The normalized spacial score (nSPS) is 21.2. The molecule has 0 saturated carbocycles. The molecule has 3 fully saturated rings. The molecule has 3 saturated heterocycles. The molecule has 2 atom stereocenters. The van der Waals surface area contributed by atoms with Gasteiger partial charge in [0.25, 0.3) is 11.8 Å². The number of H-pyrrole nitrogens is 1. The summed E-state index contributed by atoms with van der Waals surface area (Å²) in [4.78, 5) is 64.4. The number of likely N-dealkylation sites (tertiary alicyclic amines) is 1. The number of carbonyl (C=O) groups excluding carboxylic acids is 4. The summed E-state index contributed by atoms with van der Waals surface area (Å²) >= 11 is 0. The van der Waals surface area contributed by atoms with E-state index in [2.05, 4.69) is 43.5 Å². The van der Waals surface area contributed by atoms with Crippen molar-refractivity contribution in [1.29, 1.82) is 0 Å². The molecule has 12 nitrogen and oxygen atoms in total. The van der Waals surface area contributed by atoms with E-state index in [0.29, 0.717) is 48.7 Å². The third-order valence-corrected chi connectivity index (χ3v) is 11.1. The second kappa shape index (κ2) is 14.0. The molecule has 4 aliphatic rings. The van der Waals surface area contributed by atoms with Crippen LogP contribution in [0.25, 0.3) is 10.9 Å². The van der Waals surface area contributed by atoms with E-state index in [1.165, 1.54) is 12.1 Å². The van der Waals surface area contributed by atoms with Crippen LogP contribution in [0.15, 0.2) is 54.7 Å². The number of imide groups is 1. The number of nitrogens with one attached hydrogen (secondary N) is 3. The molecule has 6 heterocycles. The van der Waals surface area contributed by atoms with Crippen LogP contribution in [0.3, 0.4) is 0 Å². The summed E-state index contributed by atoms with van der Waals surface area (Å²) < 4.78 is 21.0. The molecule has 52 heavy (non-hydrogen) atoms. The number of hydrogen-bond donors (Lipinski definition) is 3. The first kappa shape index (κ1) is 33.8. The van der Waals surface area contributed by atoms with Crippen LogP contribution in [-0.4, -0.2) is 82.7 Å². The quantitative estimate of drug-likeness (QED) is 0.203. The van der Waals surface area contributed by atoms with E-state index in [1.807, 2.05) is 18.2 Å². The summed E-state index contributed by atoms with van der Waals surface area (Å²) in [5.74, 6) is -0.998. The number of benzene rings is 2. The van der Waals surface area contributed by atoms with Gasteiger partial charge in [0.05, 0.1) is 17.7 Å². The Balaban J connectivity index is 0.820. The highest BCUT2D eigenvalue weighted by Crippen LogP contribution is 2.36. The average Bonchev–Trinajstić information content (AvgIpc) is 3.85. The van der Waals surface area contributed by atoms with Crippen LogP contribution in [0.5, 0.6) is 5.75 Å². The van der Waals surface area contributed by atoms with Gasteiger partial charge in [-0.05, 0) is 88.4 Å². The Morgan fingerprint density at radius 2 is 1.87 bits per heavy atom. The van der Waals surface area contributed by atoms with Gasteiger partial charge >= 0.3 is 0 Å². The molecule has 0 spiro atoms. The summed E-state index contributed by atoms with van der Waals surface area (Å²) in [6.07, 6.45) is 7.20. The predicted octanol–water partition coefficient (Wildman–Crippen LogP) is 5.17. The minimum Gasteiger partial charge on any atom is -0.493 e. The van der Waals surface area contributed by atoms with Crippen LogP contribution in [0.1, 0.15) is 83.0 Å². The molecule has 4 amide bonds. The molecule has 0 aliphatic carbocycles. The van der Waals surface area contributed by atoms with Crippen LogP contribution in [0.2, 0.25) is 0 Å². The van der Waals surface area contributed by atoms with Crippen molar-refractivity contribution in [1.82, 2.24) is 25.1 Å². The van der Waals surface area contributed by atoms with Crippen LogP contribution < -0.4 is 20.3 Å². The van der Waals surface area contributed by atoms with Gasteiger partial charge in [0.1, 0.15) is 23.4 Å². The SMILES string of the molecule is CN1CCC[C@@H]1c1cc2cnc(NC(=O)c3ccc(OCCC4CCN(c5cccc6c5CN([C@@H]5CCC(=O)NC5=O)C6=O)CC4)cc3F)cc2[nH]1. The standard InChI is InChI=1S/C39H42FN7O5/c1-45-14-3-6-33(45)31-18-24-21-41-35(20-30(24)42-31)43-37(49)27-8-7-25(19-29(27)40)52-17-13-23-11-15-46(16-12-23)32-5-2-4-26-28(32)22-47(39(26)51)34-9-10-36(48)44-38(34)50/h2,4-5,7-8,18-21,23,33-34,42H,3,6,9-17,22H2,1H3,(H,41,43,49)(H,44,48,50)/t33-,34-/m1/s1. The van der Waals surface area contributed by atoms with Crippen molar-refractivity contribution in [3.05, 3.63) is 82.9 Å². The van der Waals surface area contributed by atoms with Crippen LogP contribution in [0, 0.1) is 11.7 Å². The van der Waals surface area contributed by atoms with Gasteiger partial charge in [-0.1, -0.05) is 6.07 Å². The number of aromatic amines is 1. The number of aromatic nitrogens is 2. The Bertz CT molecular complexity index is 2060. The van der Waals surface area contributed by atoms with Gasteiger partial charge in [-0.3, -0.25) is 29.4 Å². The highest BCUT2D eigenvalue weighted by molar-refractivity contribution is 6.06. The van der Waals surface area contributed by atoms with Crippen molar-refractivity contribution in [2.24, 2.45) is 5.92 Å². The van der Waals surface area contributed by atoms with Crippen LogP contribution in [0.4, 0.5) is 15.9 Å². The van der Waals surface area contributed by atoms with E-state index in [9.17, 15) is 19.2 Å². The lowest BCUT2D eigenvalue weighted by Gasteiger charge is -2.35. The number of pyridine rings is 1. The van der Waals surface area contributed by atoms with Crippen molar-refractivity contribution in [3.8, 4) is 5.75 Å². The highest BCUT2D eigenvalue weighted by Gasteiger charge is 2.40. The molecule has 270 valence electrons. The van der Waals surface area contributed by atoms with Gasteiger partial charge in [-0.2, -0.15) is 0 Å². The molecular formula is C39H42FN7O5. The van der Waals surface area contributed by atoms with E-state index < -0.39 is 23.7 Å². The third-order valence-electron chi connectivity index (χ3n) is 11.1. The maximum Gasteiger partial charge on any atom is 0.259 e. The Labute approximate surface area is 300 Å². The third kappa shape index (κ3) is 6.60. The minimum atomic E-state index is -0.666. The Kier molecular flexibility index (Phi) is 9.12. The molecule has 0 bridgehead atoms. The van der Waals surface area contributed by atoms with Crippen molar-refractivity contribution in [2.75, 3.05) is 43.5 Å². The summed E-state index contributed by atoms with van der Waals surface area (Å²) in [6, 6.07) is 13.6. The number of amides is 4. The van der Waals surface area contributed by atoms with Crippen LogP contribution >= 0.6 is 0 Å². The number of nitrogens with zero attached hydrogens (tertiary/aromatic N) is 4. The fourth-order valence-corrected chi connectivity index (χ4v) is 8.22. The van der Waals surface area contributed by atoms with E-state index in [1.54, 1.807) is 23.2 Å². The number of ether oxygens (including phenoxy) is 1. The topological polar surface area (TPSA) is 140 Å². The molecule has 3 N–H and O–H groups in total. The van der Waals surface area contributed by atoms with E-state index in [-0.39, 0.29) is 23.8 Å². The number of halogens is 1. The number of rotatable bonds is 9. The zero-order valence-electron chi connectivity index (χ0n) is 29.1. The number of piperidine rings is 2. The monoisotopic (exact) mass is 707 g/mol. The lowest BCUT2D eigenvalue weighted by atomic mass is 9.93. The fraction of sp³-hybridized carbons (Fsp3) is 0.410. The number of carbonyl (C=O) groups is 4. The van der Waals surface area contributed by atoms with Crippen molar-refractivity contribution < 1.29 is 28.3 Å². The Morgan fingerprint density at radius 1 is 1.02 bits per heavy atom. The predicted molar refractivity (Wildman–Crippen MR) is 193 cm³/mol. The Morgan fingerprint density at radius 3 is 2.63 bits per heavy atom. The molecule has 4 aliphatic heterocycles. The molecular weight excluding hydrogens is 665 g/mol. The van der Waals surface area contributed by atoms with Gasteiger partial charge in [-0.25, -0.2) is 9.37 Å². The van der Waals surface area contributed by atoms with Crippen molar-refractivity contribution >= 4 is 46.0 Å². The molecule has 2 aromatic heterocycles. The first-order valence-electron chi connectivity index (χ1n) is 18.2. The van der Waals surface area contributed by atoms with E-state index in [0.717, 1.165) is 79.6 Å². The Hall–Kier alpha value is -5.30. The molecule has 8 rings (SSSR count). The minimum absolute atomic E-state index is 0.0873.